The van der Waals surface area contributed by atoms with Gasteiger partial charge in [0, 0.05) is 5.69 Å². The lowest BCUT2D eigenvalue weighted by Gasteiger charge is -1.98. The Balaban J connectivity index is 1.89. The predicted octanol–water partition coefficient (Wildman–Crippen LogP) is 2.13. The molecule has 1 aliphatic rings. The van der Waals surface area contributed by atoms with Crippen LogP contribution in [-0.2, 0) is 6.42 Å². The molecule has 2 heteroatoms. The first-order valence-electron chi connectivity index (χ1n) is 4.48. The van der Waals surface area contributed by atoms with Crippen LogP contribution in [0.1, 0.15) is 25.0 Å². The lowest BCUT2D eigenvalue weighted by Crippen LogP contribution is -1.89. The normalized spacial score (nSPS) is 16.3. The van der Waals surface area contributed by atoms with Crippen molar-refractivity contribution in [1.29, 1.82) is 0 Å². The third-order valence-corrected chi connectivity index (χ3v) is 2.31. The summed E-state index contributed by atoms with van der Waals surface area (Å²) in [6.07, 6.45) is 6.64. The fraction of sp³-hybridized carbons (Fsp3) is 0.500. The second-order valence-electron chi connectivity index (χ2n) is 3.49. The van der Waals surface area contributed by atoms with Gasteiger partial charge in [-0.15, -0.1) is 0 Å². The van der Waals surface area contributed by atoms with Gasteiger partial charge < -0.3 is 5.11 Å². The monoisotopic (exact) mass is 163 g/mol. The van der Waals surface area contributed by atoms with E-state index >= 15 is 0 Å². The van der Waals surface area contributed by atoms with E-state index in [4.69, 9.17) is 5.11 Å². The van der Waals surface area contributed by atoms with Gasteiger partial charge in [0.1, 0.15) is 5.75 Å². The molecule has 0 atom stereocenters. The summed E-state index contributed by atoms with van der Waals surface area (Å²) in [5, 5.41) is 8.98. The van der Waals surface area contributed by atoms with Crippen molar-refractivity contribution in [3.63, 3.8) is 0 Å². The Morgan fingerprint density at radius 1 is 1.42 bits per heavy atom. The van der Waals surface area contributed by atoms with Gasteiger partial charge in [-0.25, -0.2) is 0 Å². The molecule has 0 unspecified atom stereocenters. The van der Waals surface area contributed by atoms with Crippen LogP contribution < -0.4 is 0 Å². The fourth-order valence-electron chi connectivity index (χ4n) is 1.32. The molecule has 64 valence electrons. The molecule has 1 saturated carbocycles. The number of aryl methyl sites for hydroxylation is 1. The summed E-state index contributed by atoms with van der Waals surface area (Å²) in [4.78, 5) is 4.13. The van der Waals surface area contributed by atoms with E-state index in [0.29, 0.717) is 0 Å². The van der Waals surface area contributed by atoms with E-state index in [1.807, 2.05) is 6.07 Å². The molecule has 2 nitrogen and oxygen atoms in total. The molecule has 0 radical (unpaired) electrons. The summed E-state index contributed by atoms with van der Waals surface area (Å²) in [6, 6.07) is 3.60. The molecule has 0 spiro atoms. The van der Waals surface area contributed by atoms with Gasteiger partial charge in [-0.05, 0) is 30.9 Å². The summed E-state index contributed by atoms with van der Waals surface area (Å²) in [7, 11) is 0. The van der Waals surface area contributed by atoms with E-state index in [0.717, 1.165) is 18.0 Å². The highest BCUT2D eigenvalue weighted by molar-refractivity contribution is 5.17. The highest BCUT2D eigenvalue weighted by Gasteiger charge is 2.20. The number of hydrogen-bond acceptors (Lipinski definition) is 2. The van der Waals surface area contributed by atoms with E-state index in [2.05, 4.69) is 4.98 Å². The minimum atomic E-state index is 0.255. The summed E-state index contributed by atoms with van der Waals surface area (Å²) in [5.74, 6) is 1.21. The Labute approximate surface area is 72.3 Å². The zero-order valence-electron chi connectivity index (χ0n) is 7.03. The van der Waals surface area contributed by atoms with Crippen LogP contribution >= 0.6 is 0 Å². The maximum Gasteiger partial charge on any atom is 0.133 e. The molecule has 0 aliphatic heterocycles. The van der Waals surface area contributed by atoms with Crippen LogP contribution in [0.5, 0.6) is 5.75 Å². The van der Waals surface area contributed by atoms with Gasteiger partial charge in [-0.2, -0.15) is 0 Å². The van der Waals surface area contributed by atoms with Crippen molar-refractivity contribution in [3.05, 3.63) is 24.0 Å². The molecule has 1 N–H and O–H groups in total. The van der Waals surface area contributed by atoms with Gasteiger partial charge in [0.15, 0.2) is 0 Å². The molecule has 2 rings (SSSR count). The van der Waals surface area contributed by atoms with Crippen molar-refractivity contribution in [3.8, 4) is 5.75 Å². The molecule has 1 fully saturated rings. The molecule has 0 aromatic carbocycles. The predicted molar refractivity (Wildman–Crippen MR) is 46.9 cm³/mol. The van der Waals surface area contributed by atoms with Gasteiger partial charge in [0.25, 0.3) is 0 Å². The summed E-state index contributed by atoms with van der Waals surface area (Å²) in [5.41, 5.74) is 1.10. The fourth-order valence-corrected chi connectivity index (χ4v) is 1.32. The highest BCUT2D eigenvalue weighted by atomic mass is 16.3. The van der Waals surface area contributed by atoms with E-state index in [1.165, 1.54) is 25.5 Å². The molecule has 1 aromatic rings. The van der Waals surface area contributed by atoms with E-state index in [-0.39, 0.29) is 5.75 Å². The first-order chi connectivity index (χ1) is 5.84. The van der Waals surface area contributed by atoms with Crippen LogP contribution in [0.25, 0.3) is 0 Å². The number of pyridine rings is 1. The quantitative estimate of drug-likeness (QED) is 0.740. The van der Waals surface area contributed by atoms with Gasteiger partial charge in [0.2, 0.25) is 0 Å². The largest absolute Gasteiger partial charge is 0.506 e. The van der Waals surface area contributed by atoms with Crippen molar-refractivity contribution in [2.45, 2.75) is 25.7 Å². The van der Waals surface area contributed by atoms with Crippen LogP contribution in [-0.4, -0.2) is 10.1 Å². The minimum absolute atomic E-state index is 0.255. The number of nitrogens with zero attached hydrogens (tertiary/aromatic N) is 1. The molecule has 1 aromatic heterocycles. The second kappa shape index (κ2) is 3.13. The Hall–Kier alpha value is -1.05. The third kappa shape index (κ3) is 1.97. The van der Waals surface area contributed by atoms with Gasteiger partial charge >= 0.3 is 0 Å². The number of rotatable bonds is 3. The van der Waals surface area contributed by atoms with Crippen molar-refractivity contribution < 1.29 is 5.11 Å². The van der Waals surface area contributed by atoms with Gasteiger partial charge in [0.05, 0.1) is 6.20 Å². The standard InChI is InChI=1S/C10H13NO/c12-10-6-5-9(11-7-10)4-3-8-1-2-8/h5-8,12H,1-4H2. The van der Waals surface area contributed by atoms with Gasteiger partial charge in [-0.3, -0.25) is 4.98 Å². The van der Waals surface area contributed by atoms with Gasteiger partial charge in [-0.1, -0.05) is 12.8 Å². The molecular formula is C10H13NO. The molecule has 0 saturated heterocycles. The Bertz CT molecular complexity index is 251. The average Bonchev–Trinajstić information content (AvgIpc) is 2.87. The Morgan fingerprint density at radius 3 is 2.83 bits per heavy atom. The molecule has 1 heterocycles. The minimum Gasteiger partial charge on any atom is -0.506 e. The first kappa shape index (κ1) is 7.59. The SMILES string of the molecule is Oc1ccc(CCC2CC2)nc1. The Morgan fingerprint density at radius 2 is 2.25 bits per heavy atom. The molecular weight excluding hydrogens is 150 g/mol. The van der Waals surface area contributed by atoms with E-state index in [1.54, 1.807) is 6.07 Å². The van der Waals surface area contributed by atoms with E-state index in [9.17, 15) is 0 Å². The van der Waals surface area contributed by atoms with Crippen molar-refractivity contribution in [2.24, 2.45) is 5.92 Å². The van der Waals surface area contributed by atoms with Crippen molar-refractivity contribution in [1.82, 2.24) is 4.98 Å². The zero-order chi connectivity index (χ0) is 8.39. The molecule has 0 bridgehead atoms. The van der Waals surface area contributed by atoms with Crippen LogP contribution in [0.2, 0.25) is 0 Å². The maximum absolute atomic E-state index is 8.98. The lowest BCUT2D eigenvalue weighted by atomic mass is 10.1. The van der Waals surface area contributed by atoms with Crippen molar-refractivity contribution >= 4 is 0 Å². The number of hydrogen-bond donors (Lipinski definition) is 1. The first-order valence-corrected chi connectivity index (χ1v) is 4.48. The van der Waals surface area contributed by atoms with Crippen LogP contribution in [0.15, 0.2) is 18.3 Å². The number of aromatic nitrogens is 1. The molecule has 0 amide bonds. The summed E-state index contributed by atoms with van der Waals surface area (Å²) in [6.45, 7) is 0. The summed E-state index contributed by atoms with van der Waals surface area (Å²) < 4.78 is 0. The topological polar surface area (TPSA) is 33.1 Å². The van der Waals surface area contributed by atoms with E-state index < -0.39 is 0 Å². The molecule has 12 heavy (non-hydrogen) atoms. The van der Waals surface area contributed by atoms with Crippen LogP contribution in [0.4, 0.5) is 0 Å². The Kier molecular flexibility index (Phi) is 1.98. The average molecular weight is 163 g/mol. The maximum atomic E-state index is 8.98. The highest BCUT2D eigenvalue weighted by Crippen LogP contribution is 2.33. The lowest BCUT2D eigenvalue weighted by molar-refractivity contribution is 0.472. The smallest absolute Gasteiger partial charge is 0.133 e. The van der Waals surface area contributed by atoms with Crippen LogP contribution in [0.3, 0.4) is 0 Å². The van der Waals surface area contributed by atoms with Crippen LogP contribution in [0, 0.1) is 5.92 Å². The number of aromatic hydroxyl groups is 1. The third-order valence-electron chi connectivity index (χ3n) is 2.31. The zero-order valence-corrected chi connectivity index (χ0v) is 7.03. The second-order valence-corrected chi connectivity index (χ2v) is 3.49. The van der Waals surface area contributed by atoms with Crippen molar-refractivity contribution in [2.75, 3.05) is 0 Å². The molecule has 1 aliphatic carbocycles. The summed E-state index contributed by atoms with van der Waals surface area (Å²) >= 11 is 0.